The largest absolute Gasteiger partial charge is 0.491 e. The fourth-order valence-electron chi connectivity index (χ4n) is 4.90. The number of quaternary nitrogens is 1. The van der Waals surface area contributed by atoms with E-state index in [-0.39, 0.29) is 18.0 Å². The molecule has 206 valence electrons. The number of rotatable bonds is 19. The summed E-state index contributed by atoms with van der Waals surface area (Å²) < 4.78 is 12.6. The van der Waals surface area contributed by atoms with E-state index in [4.69, 9.17) is 9.47 Å². The number of hydrogen-bond donors (Lipinski definition) is 0. The van der Waals surface area contributed by atoms with Crippen molar-refractivity contribution in [1.82, 2.24) is 0 Å². The smallest absolute Gasteiger partial charge is 0.314 e. The van der Waals surface area contributed by atoms with Crippen molar-refractivity contribution in [3.8, 4) is 5.75 Å². The van der Waals surface area contributed by atoms with Gasteiger partial charge in [0.1, 0.15) is 18.2 Å². The molecule has 0 saturated carbocycles. The highest BCUT2D eigenvalue weighted by atomic mass is 16.5. The number of carbonyl (C=O) groups excluding carboxylic acids is 1. The Morgan fingerprint density at radius 3 is 2.24 bits per heavy atom. The van der Waals surface area contributed by atoms with Crippen LogP contribution in [-0.4, -0.2) is 43.8 Å². The number of nitrogens with zero attached hydrogens (tertiary/aromatic N) is 1. The quantitative estimate of drug-likeness (QED) is 0.109. The SMILES string of the molecule is CCCCCCCCCc1cccc(OC(C)CCOC(=O)C(CC)C[N+](C)(C)Cc2ccccc2)c1. The number of hydrogen-bond acceptors (Lipinski definition) is 3. The van der Waals surface area contributed by atoms with Crippen LogP contribution in [0.25, 0.3) is 0 Å². The number of aryl methyl sites for hydroxylation is 1. The minimum absolute atomic E-state index is 0.00741. The lowest BCUT2D eigenvalue weighted by atomic mass is 10.0. The third-order valence-electron chi connectivity index (χ3n) is 7.07. The zero-order valence-corrected chi connectivity index (χ0v) is 24.2. The Morgan fingerprint density at radius 1 is 0.865 bits per heavy atom. The monoisotopic (exact) mass is 510 g/mol. The first-order valence-corrected chi connectivity index (χ1v) is 14.6. The van der Waals surface area contributed by atoms with E-state index in [1.807, 2.05) is 19.1 Å². The van der Waals surface area contributed by atoms with Gasteiger partial charge in [-0.3, -0.25) is 4.79 Å². The van der Waals surface area contributed by atoms with Crippen molar-refractivity contribution in [1.29, 1.82) is 0 Å². The Labute approximate surface area is 227 Å². The van der Waals surface area contributed by atoms with E-state index in [0.29, 0.717) is 13.0 Å². The maximum absolute atomic E-state index is 12.8. The third-order valence-corrected chi connectivity index (χ3v) is 7.07. The maximum Gasteiger partial charge on any atom is 0.314 e. The fourth-order valence-corrected chi connectivity index (χ4v) is 4.90. The van der Waals surface area contributed by atoms with E-state index < -0.39 is 0 Å². The molecule has 2 unspecified atom stereocenters. The van der Waals surface area contributed by atoms with Crippen LogP contribution >= 0.6 is 0 Å². The van der Waals surface area contributed by atoms with E-state index in [1.54, 1.807) is 0 Å². The first kappa shape index (κ1) is 30.9. The molecule has 2 rings (SSSR count). The summed E-state index contributed by atoms with van der Waals surface area (Å²) in [4.78, 5) is 12.8. The van der Waals surface area contributed by atoms with Gasteiger partial charge in [0.2, 0.25) is 0 Å². The van der Waals surface area contributed by atoms with Crippen LogP contribution in [-0.2, 0) is 22.5 Å². The standard InChI is InChI=1S/C33H52NO3/c1-6-8-9-10-11-12-14-18-29-21-17-22-32(25-29)37-28(3)23-24-36-33(35)31(7-2)27-34(4,5)26-30-19-15-13-16-20-30/h13,15-17,19-22,25,28,31H,6-12,14,18,23-24,26-27H2,1-5H3/q+1. The van der Waals surface area contributed by atoms with Gasteiger partial charge >= 0.3 is 5.97 Å². The Kier molecular flexibility index (Phi) is 14.4. The summed E-state index contributed by atoms with van der Waals surface area (Å²) in [6.45, 7) is 8.43. The van der Waals surface area contributed by atoms with Gasteiger partial charge < -0.3 is 14.0 Å². The van der Waals surface area contributed by atoms with Gasteiger partial charge in [-0.25, -0.2) is 0 Å². The minimum Gasteiger partial charge on any atom is -0.491 e. The van der Waals surface area contributed by atoms with Gasteiger partial charge in [-0.2, -0.15) is 0 Å². The zero-order chi connectivity index (χ0) is 26.9. The van der Waals surface area contributed by atoms with Crippen molar-refractivity contribution >= 4 is 5.97 Å². The topological polar surface area (TPSA) is 35.5 Å². The van der Waals surface area contributed by atoms with E-state index in [9.17, 15) is 4.79 Å². The molecule has 0 aromatic heterocycles. The molecule has 4 nitrogen and oxygen atoms in total. The summed E-state index contributed by atoms with van der Waals surface area (Å²) in [5.74, 6) is 0.717. The van der Waals surface area contributed by atoms with E-state index in [1.165, 1.54) is 56.1 Å². The van der Waals surface area contributed by atoms with Crippen molar-refractivity contribution < 1.29 is 18.8 Å². The van der Waals surface area contributed by atoms with Crippen LogP contribution < -0.4 is 4.74 Å². The summed E-state index contributed by atoms with van der Waals surface area (Å²) in [6, 6.07) is 18.9. The van der Waals surface area contributed by atoms with Crippen molar-refractivity contribution in [3.63, 3.8) is 0 Å². The molecule has 0 N–H and O–H groups in total. The molecule has 0 spiro atoms. The molecular weight excluding hydrogens is 458 g/mol. The molecule has 0 amide bonds. The number of unbranched alkanes of at least 4 members (excludes halogenated alkanes) is 6. The lowest BCUT2D eigenvalue weighted by Gasteiger charge is -2.32. The Morgan fingerprint density at radius 2 is 1.54 bits per heavy atom. The van der Waals surface area contributed by atoms with Crippen molar-refractivity contribution in [2.24, 2.45) is 5.92 Å². The predicted molar refractivity (Wildman–Crippen MR) is 155 cm³/mol. The predicted octanol–water partition coefficient (Wildman–Crippen LogP) is 7.98. The van der Waals surface area contributed by atoms with Crippen LogP contribution in [0, 0.1) is 5.92 Å². The van der Waals surface area contributed by atoms with Crippen molar-refractivity contribution in [2.45, 2.75) is 97.6 Å². The first-order chi connectivity index (χ1) is 17.8. The summed E-state index contributed by atoms with van der Waals surface area (Å²) in [7, 11) is 4.36. The lowest BCUT2D eigenvalue weighted by molar-refractivity contribution is -0.906. The molecule has 0 aliphatic carbocycles. The number of ether oxygens (including phenoxy) is 2. The first-order valence-electron chi connectivity index (χ1n) is 14.6. The van der Waals surface area contributed by atoms with Crippen molar-refractivity contribution in [2.75, 3.05) is 27.2 Å². The molecule has 2 aromatic rings. The molecule has 37 heavy (non-hydrogen) atoms. The molecule has 4 heteroatoms. The Balaban J connectivity index is 1.70. The Bertz CT molecular complexity index is 880. The summed E-state index contributed by atoms with van der Waals surface area (Å²) in [5.41, 5.74) is 2.62. The van der Waals surface area contributed by atoms with Gasteiger partial charge in [-0.1, -0.05) is 94.8 Å². The fraction of sp³-hybridized carbons (Fsp3) is 0.606. The maximum atomic E-state index is 12.8. The molecule has 2 atom stereocenters. The second kappa shape index (κ2) is 17.2. The van der Waals surface area contributed by atoms with Gasteiger partial charge in [0, 0.05) is 12.0 Å². The normalized spacial score (nSPS) is 13.2. The average Bonchev–Trinajstić information content (AvgIpc) is 2.87. The molecule has 0 aliphatic rings. The van der Waals surface area contributed by atoms with Crippen LogP contribution in [0.4, 0.5) is 0 Å². The van der Waals surface area contributed by atoms with Crippen molar-refractivity contribution in [3.05, 3.63) is 65.7 Å². The van der Waals surface area contributed by atoms with Gasteiger partial charge in [0.05, 0.1) is 33.4 Å². The van der Waals surface area contributed by atoms with Gasteiger partial charge in [-0.15, -0.1) is 0 Å². The molecule has 0 aliphatic heterocycles. The van der Waals surface area contributed by atoms with E-state index >= 15 is 0 Å². The molecule has 0 radical (unpaired) electrons. The highest BCUT2D eigenvalue weighted by molar-refractivity contribution is 5.72. The number of esters is 1. The zero-order valence-electron chi connectivity index (χ0n) is 24.2. The molecular formula is C33H52NO3+. The molecule has 0 heterocycles. The lowest BCUT2D eigenvalue weighted by Crippen LogP contribution is -2.44. The minimum atomic E-state index is -0.0988. The van der Waals surface area contributed by atoms with Gasteiger partial charge in [0.25, 0.3) is 0 Å². The highest BCUT2D eigenvalue weighted by Gasteiger charge is 2.28. The highest BCUT2D eigenvalue weighted by Crippen LogP contribution is 2.19. The molecule has 0 saturated heterocycles. The third kappa shape index (κ3) is 13.2. The molecule has 0 bridgehead atoms. The number of carbonyl (C=O) groups is 1. The van der Waals surface area contributed by atoms with Gasteiger partial charge in [0.15, 0.2) is 0 Å². The van der Waals surface area contributed by atoms with Crippen LogP contribution in [0.2, 0.25) is 0 Å². The second-order valence-corrected chi connectivity index (χ2v) is 11.3. The Hall–Kier alpha value is -2.33. The molecule has 0 fully saturated rings. The van der Waals surface area contributed by atoms with Crippen LogP contribution in [0.1, 0.15) is 89.7 Å². The summed E-state index contributed by atoms with van der Waals surface area (Å²) >= 11 is 0. The van der Waals surface area contributed by atoms with E-state index in [0.717, 1.165) is 36.2 Å². The van der Waals surface area contributed by atoms with Crippen LogP contribution in [0.5, 0.6) is 5.75 Å². The van der Waals surface area contributed by atoms with Gasteiger partial charge in [-0.05, 0) is 43.9 Å². The average molecular weight is 511 g/mol. The van der Waals surface area contributed by atoms with Crippen LogP contribution in [0.15, 0.2) is 54.6 Å². The van der Waals surface area contributed by atoms with E-state index in [2.05, 4.69) is 70.4 Å². The summed E-state index contributed by atoms with van der Waals surface area (Å²) in [5, 5.41) is 0. The molecule has 2 aromatic carbocycles. The van der Waals surface area contributed by atoms with Crippen LogP contribution in [0.3, 0.4) is 0 Å². The summed E-state index contributed by atoms with van der Waals surface area (Å²) in [6.07, 6.45) is 11.9. The second-order valence-electron chi connectivity index (χ2n) is 11.3. The number of benzene rings is 2.